The molecule has 6 heteroatoms. The Morgan fingerprint density at radius 2 is 1.43 bits per heavy atom. The lowest BCUT2D eigenvalue weighted by molar-refractivity contribution is -0.138. The topological polar surface area (TPSA) is 78.1 Å². The number of nitrogens with zero attached hydrogens (tertiary/aromatic N) is 2. The highest BCUT2D eigenvalue weighted by atomic mass is 16.2. The molecule has 37 heavy (non-hydrogen) atoms. The van der Waals surface area contributed by atoms with Crippen molar-refractivity contribution in [3.05, 3.63) is 102 Å². The van der Waals surface area contributed by atoms with Crippen LogP contribution in [-0.2, 0) is 9.59 Å². The fourth-order valence-electron chi connectivity index (χ4n) is 5.27. The van der Waals surface area contributed by atoms with E-state index in [4.69, 9.17) is 4.98 Å². The highest BCUT2D eigenvalue weighted by molar-refractivity contribution is 5.92. The zero-order valence-corrected chi connectivity index (χ0v) is 21.4. The van der Waals surface area contributed by atoms with Gasteiger partial charge in [0.2, 0.25) is 11.8 Å². The molecule has 1 aliphatic rings. The highest BCUT2D eigenvalue weighted by Crippen LogP contribution is 2.29. The van der Waals surface area contributed by atoms with Gasteiger partial charge in [0, 0.05) is 19.0 Å². The smallest absolute Gasteiger partial charge is 0.245 e. The van der Waals surface area contributed by atoms with E-state index in [-0.39, 0.29) is 17.7 Å². The maximum atomic E-state index is 13.7. The number of hydrogen-bond donors (Lipinski definition) is 2. The molecule has 1 saturated heterocycles. The number of carbonyl (C=O) groups excluding carboxylic acids is 2. The zero-order valence-electron chi connectivity index (χ0n) is 21.4. The number of nitrogens with one attached hydrogen (secondary N) is 2. The number of benzene rings is 3. The molecule has 1 atom stereocenters. The van der Waals surface area contributed by atoms with Gasteiger partial charge in [-0.3, -0.25) is 9.59 Å². The number of amides is 2. The molecule has 3 aromatic carbocycles. The van der Waals surface area contributed by atoms with Crippen LogP contribution < -0.4 is 5.32 Å². The van der Waals surface area contributed by atoms with Gasteiger partial charge in [-0.1, -0.05) is 86.6 Å². The first kappa shape index (κ1) is 24.8. The number of piperidine rings is 1. The van der Waals surface area contributed by atoms with Gasteiger partial charge in [-0.25, -0.2) is 4.98 Å². The minimum atomic E-state index is -0.579. The molecule has 0 unspecified atom stereocenters. The molecule has 190 valence electrons. The van der Waals surface area contributed by atoms with Gasteiger partial charge >= 0.3 is 0 Å². The second-order valence-corrected chi connectivity index (χ2v) is 10.2. The average Bonchev–Trinajstić information content (AvgIpc) is 3.37. The SMILES string of the molecule is CC(C)[C@H](NC(=O)C(c1ccccc1)c1ccccc1)C(=O)N1CCC(c2nc3ccccc3[nH]2)CC1. The molecule has 5 rings (SSSR count). The summed E-state index contributed by atoms with van der Waals surface area (Å²) in [6.07, 6.45) is 1.70. The lowest BCUT2D eigenvalue weighted by atomic mass is 9.89. The largest absolute Gasteiger partial charge is 0.343 e. The third-order valence-corrected chi connectivity index (χ3v) is 7.36. The number of likely N-dealkylation sites (tertiary alicyclic amines) is 1. The number of aromatic nitrogens is 2. The number of fused-ring (bicyclic) bond motifs is 1. The molecule has 0 aliphatic carbocycles. The molecule has 2 amide bonds. The van der Waals surface area contributed by atoms with Crippen molar-refractivity contribution in [2.24, 2.45) is 5.92 Å². The summed E-state index contributed by atoms with van der Waals surface area (Å²) in [6.45, 7) is 5.29. The van der Waals surface area contributed by atoms with E-state index in [1.807, 2.05) is 104 Å². The molecule has 4 aromatic rings. The van der Waals surface area contributed by atoms with Crippen LogP contribution in [0.3, 0.4) is 0 Å². The van der Waals surface area contributed by atoms with Crippen molar-refractivity contribution < 1.29 is 9.59 Å². The Morgan fingerprint density at radius 1 is 0.865 bits per heavy atom. The zero-order chi connectivity index (χ0) is 25.8. The van der Waals surface area contributed by atoms with Gasteiger partial charge in [0.15, 0.2) is 0 Å². The Balaban J connectivity index is 1.28. The molecular formula is C31H34N4O2. The summed E-state index contributed by atoms with van der Waals surface area (Å²) in [4.78, 5) is 37.4. The average molecular weight is 495 g/mol. The first-order valence-electron chi connectivity index (χ1n) is 13.1. The van der Waals surface area contributed by atoms with Gasteiger partial charge in [0.1, 0.15) is 11.9 Å². The monoisotopic (exact) mass is 494 g/mol. The number of para-hydroxylation sites is 2. The maximum Gasteiger partial charge on any atom is 0.245 e. The van der Waals surface area contributed by atoms with Crippen molar-refractivity contribution in [3.63, 3.8) is 0 Å². The van der Waals surface area contributed by atoms with Crippen LogP contribution in [-0.4, -0.2) is 45.8 Å². The molecular weight excluding hydrogens is 460 g/mol. The van der Waals surface area contributed by atoms with E-state index < -0.39 is 12.0 Å². The number of imidazole rings is 1. The molecule has 0 radical (unpaired) electrons. The summed E-state index contributed by atoms with van der Waals surface area (Å²) in [5.41, 5.74) is 3.84. The van der Waals surface area contributed by atoms with Crippen molar-refractivity contribution in [1.82, 2.24) is 20.2 Å². The predicted octanol–water partition coefficient (Wildman–Crippen LogP) is 5.24. The summed E-state index contributed by atoms with van der Waals surface area (Å²) in [5, 5.41) is 3.12. The van der Waals surface area contributed by atoms with E-state index in [9.17, 15) is 9.59 Å². The van der Waals surface area contributed by atoms with Crippen LogP contribution in [0.1, 0.15) is 55.5 Å². The van der Waals surface area contributed by atoms with Crippen molar-refractivity contribution in [2.45, 2.75) is 44.6 Å². The second kappa shape index (κ2) is 11.0. The van der Waals surface area contributed by atoms with Gasteiger partial charge in [-0.2, -0.15) is 0 Å². The molecule has 1 aliphatic heterocycles. The number of rotatable bonds is 7. The normalized spacial score (nSPS) is 15.3. The summed E-state index contributed by atoms with van der Waals surface area (Å²) < 4.78 is 0. The first-order valence-corrected chi connectivity index (χ1v) is 13.1. The molecule has 0 saturated carbocycles. The first-order chi connectivity index (χ1) is 18.0. The number of aromatic amines is 1. The molecule has 0 spiro atoms. The third kappa shape index (κ3) is 5.43. The summed E-state index contributed by atoms with van der Waals surface area (Å²) >= 11 is 0. The lowest BCUT2D eigenvalue weighted by Crippen LogP contribution is -2.53. The quantitative estimate of drug-likeness (QED) is 0.369. The van der Waals surface area contributed by atoms with Crippen LogP contribution in [0.5, 0.6) is 0 Å². The summed E-state index contributed by atoms with van der Waals surface area (Å²) in [7, 11) is 0. The molecule has 6 nitrogen and oxygen atoms in total. The molecule has 1 fully saturated rings. The molecule has 0 bridgehead atoms. The van der Waals surface area contributed by atoms with E-state index in [1.54, 1.807) is 0 Å². The molecule has 2 N–H and O–H groups in total. The Morgan fingerprint density at radius 3 is 2.00 bits per heavy atom. The van der Waals surface area contributed by atoms with Gasteiger partial charge in [0.25, 0.3) is 0 Å². The van der Waals surface area contributed by atoms with Crippen molar-refractivity contribution in [3.8, 4) is 0 Å². The second-order valence-electron chi connectivity index (χ2n) is 10.2. The maximum absolute atomic E-state index is 13.7. The van der Waals surface area contributed by atoms with E-state index >= 15 is 0 Å². The van der Waals surface area contributed by atoms with Crippen LogP contribution in [0.15, 0.2) is 84.9 Å². The fraction of sp³-hybridized carbons (Fsp3) is 0.323. The van der Waals surface area contributed by atoms with Gasteiger partial charge in [0.05, 0.1) is 17.0 Å². The Hall–Kier alpha value is -3.93. The number of hydrogen-bond acceptors (Lipinski definition) is 3. The van der Waals surface area contributed by atoms with Crippen LogP contribution in [0, 0.1) is 5.92 Å². The third-order valence-electron chi connectivity index (χ3n) is 7.36. The Labute approximate surface area is 218 Å². The van der Waals surface area contributed by atoms with E-state index in [2.05, 4.69) is 10.3 Å². The summed E-state index contributed by atoms with van der Waals surface area (Å²) in [6, 6.07) is 27.0. The number of carbonyl (C=O) groups is 2. The standard InChI is InChI=1S/C31H34N4O2/c1-21(2)28(34-30(36)27(22-11-5-3-6-12-22)23-13-7-4-8-14-23)31(37)35-19-17-24(18-20-35)29-32-25-15-9-10-16-26(25)33-29/h3-16,21,24,27-28H,17-20H2,1-2H3,(H,32,33)(H,34,36)/t28-/m0/s1. The van der Waals surface area contributed by atoms with Crippen LogP contribution in [0.25, 0.3) is 11.0 Å². The van der Waals surface area contributed by atoms with Gasteiger partial charge in [-0.05, 0) is 42.0 Å². The minimum absolute atomic E-state index is 0.00807. The number of H-pyrrole nitrogens is 1. The molecule has 1 aromatic heterocycles. The van der Waals surface area contributed by atoms with Crippen molar-refractivity contribution in [1.29, 1.82) is 0 Å². The van der Waals surface area contributed by atoms with Crippen LogP contribution in [0.4, 0.5) is 0 Å². The van der Waals surface area contributed by atoms with Gasteiger partial charge in [-0.15, -0.1) is 0 Å². The Bertz CT molecular complexity index is 1270. The lowest BCUT2D eigenvalue weighted by Gasteiger charge is -2.35. The van der Waals surface area contributed by atoms with Gasteiger partial charge < -0.3 is 15.2 Å². The van der Waals surface area contributed by atoms with E-state index in [0.717, 1.165) is 40.8 Å². The van der Waals surface area contributed by atoms with Crippen LogP contribution >= 0.6 is 0 Å². The van der Waals surface area contributed by atoms with Crippen LogP contribution in [0.2, 0.25) is 0 Å². The highest BCUT2D eigenvalue weighted by Gasteiger charge is 2.34. The van der Waals surface area contributed by atoms with E-state index in [1.165, 1.54) is 0 Å². The van der Waals surface area contributed by atoms with E-state index in [0.29, 0.717) is 19.0 Å². The minimum Gasteiger partial charge on any atom is -0.343 e. The Kier molecular flexibility index (Phi) is 7.35. The van der Waals surface area contributed by atoms with Crippen molar-refractivity contribution >= 4 is 22.8 Å². The predicted molar refractivity (Wildman–Crippen MR) is 146 cm³/mol. The molecule has 2 heterocycles. The van der Waals surface area contributed by atoms with Crippen molar-refractivity contribution in [2.75, 3.05) is 13.1 Å². The summed E-state index contributed by atoms with van der Waals surface area (Å²) in [5.74, 6) is 0.625. The fourth-order valence-corrected chi connectivity index (χ4v) is 5.27.